The largest absolute Gasteiger partial charge is 0.388 e. The first-order valence-electron chi connectivity index (χ1n) is 7.07. The third-order valence-corrected chi connectivity index (χ3v) is 4.41. The molecule has 0 saturated heterocycles. The van der Waals surface area contributed by atoms with Gasteiger partial charge in [-0.3, -0.25) is 4.68 Å². The van der Waals surface area contributed by atoms with Gasteiger partial charge >= 0.3 is 0 Å². The lowest BCUT2D eigenvalue weighted by Crippen LogP contribution is -2.04. The van der Waals surface area contributed by atoms with E-state index in [1.807, 2.05) is 41.1 Å². The van der Waals surface area contributed by atoms with Crippen molar-refractivity contribution in [2.45, 2.75) is 26.0 Å². The smallest absolute Gasteiger partial charge is 0.0857 e. The van der Waals surface area contributed by atoms with Crippen LogP contribution in [0.3, 0.4) is 0 Å². The van der Waals surface area contributed by atoms with E-state index in [0.29, 0.717) is 6.42 Å². The Balaban J connectivity index is 1.97. The van der Waals surface area contributed by atoms with Gasteiger partial charge in [0, 0.05) is 22.8 Å². The standard InChI is InChI=1S/C17H17BrN2O/c1-2-20-16-10-6-4-8-13(16)15(19-20)11-17(21)12-7-3-5-9-14(12)18/h3-10,17,21H,2,11H2,1H3. The Labute approximate surface area is 132 Å². The van der Waals surface area contributed by atoms with Gasteiger partial charge in [-0.15, -0.1) is 0 Å². The highest BCUT2D eigenvalue weighted by Gasteiger charge is 2.16. The molecule has 108 valence electrons. The maximum Gasteiger partial charge on any atom is 0.0857 e. The second kappa shape index (κ2) is 6.00. The minimum absolute atomic E-state index is 0.510. The van der Waals surface area contributed by atoms with E-state index in [-0.39, 0.29) is 0 Å². The van der Waals surface area contributed by atoms with Crippen LogP contribution in [0.4, 0.5) is 0 Å². The Bertz CT molecular complexity index is 766. The normalized spacial score (nSPS) is 12.7. The first-order chi connectivity index (χ1) is 10.2. The van der Waals surface area contributed by atoms with Crippen LogP contribution < -0.4 is 0 Å². The zero-order valence-electron chi connectivity index (χ0n) is 11.8. The molecule has 4 heteroatoms. The summed E-state index contributed by atoms with van der Waals surface area (Å²) in [5.41, 5.74) is 2.96. The minimum Gasteiger partial charge on any atom is -0.388 e. The number of fused-ring (bicyclic) bond motifs is 1. The molecule has 0 aliphatic heterocycles. The van der Waals surface area contributed by atoms with Crippen molar-refractivity contribution >= 4 is 26.8 Å². The Kier molecular flexibility index (Phi) is 4.08. The number of aliphatic hydroxyl groups excluding tert-OH is 1. The highest BCUT2D eigenvalue weighted by molar-refractivity contribution is 9.10. The SMILES string of the molecule is CCn1nc(CC(O)c2ccccc2Br)c2ccccc21. The number of hydrogen-bond acceptors (Lipinski definition) is 2. The first-order valence-corrected chi connectivity index (χ1v) is 7.87. The molecule has 1 unspecified atom stereocenters. The molecule has 3 rings (SSSR count). The summed E-state index contributed by atoms with van der Waals surface area (Å²) in [5.74, 6) is 0. The molecule has 0 bridgehead atoms. The van der Waals surface area contributed by atoms with Gasteiger partial charge in [-0.2, -0.15) is 5.10 Å². The van der Waals surface area contributed by atoms with Gasteiger partial charge in [0.05, 0.1) is 17.3 Å². The summed E-state index contributed by atoms with van der Waals surface area (Å²) in [6.07, 6.45) is -0.0555. The fourth-order valence-electron chi connectivity index (χ4n) is 2.63. The fourth-order valence-corrected chi connectivity index (χ4v) is 3.18. The van der Waals surface area contributed by atoms with E-state index in [1.54, 1.807) is 0 Å². The zero-order valence-corrected chi connectivity index (χ0v) is 13.4. The number of para-hydroxylation sites is 1. The summed E-state index contributed by atoms with van der Waals surface area (Å²) in [6, 6.07) is 15.9. The molecule has 1 N–H and O–H groups in total. The van der Waals surface area contributed by atoms with E-state index in [2.05, 4.69) is 40.1 Å². The van der Waals surface area contributed by atoms with Gasteiger partial charge in [0.25, 0.3) is 0 Å². The molecule has 0 spiro atoms. The lowest BCUT2D eigenvalue weighted by molar-refractivity contribution is 0.176. The summed E-state index contributed by atoms with van der Waals surface area (Å²) in [6.45, 7) is 2.90. The number of benzene rings is 2. The molecule has 0 aliphatic carbocycles. The van der Waals surface area contributed by atoms with Crippen LogP contribution in [-0.2, 0) is 13.0 Å². The number of aryl methyl sites for hydroxylation is 1. The molecular formula is C17H17BrN2O. The highest BCUT2D eigenvalue weighted by atomic mass is 79.9. The van der Waals surface area contributed by atoms with Gasteiger partial charge in [-0.25, -0.2) is 0 Å². The van der Waals surface area contributed by atoms with Gasteiger partial charge < -0.3 is 5.11 Å². The fraction of sp³-hybridized carbons (Fsp3) is 0.235. The molecule has 1 aromatic heterocycles. The highest BCUT2D eigenvalue weighted by Crippen LogP contribution is 2.28. The van der Waals surface area contributed by atoms with Gasteiger partial charge in [0.1, 0.15) is 0 Å². The second-order valence-corrected chi connectivity index (χ2v) is 5.88. The van der Waals surface area contributed by atoms with Crippen LogP contribution in [0.5, 0.6) is 0 Å². The topological polar surface area (TPSA) is 38.0 Å². The minimum atomic E-state index is -0.566. The quantitative estimate of drug-likeness (QED) is 0.773. The van der Waals surface area contributed by atoms with E-state index in [0.717, 1.165) is 33.2 Å². The van der Waals surface area contributed by atoms with Crippen molar-refractivity contribution in [3.63, 3.8) is 0 Å². The van der Waals surface area contributed by atoms with Crippen molar-refractivity contribution < 1.29 is 5.11 Å². The van der Waals surface area contributed by atoms with E-state index < -0.39 is 6.10 Å². The Morgan fingerprint density at radius 3 is 2.62 bits per heavy atom. The predicted molar refractivity (Wildman–Crippen MR) is 88.2 cm³/mol. The number of aromatic nitrogens is 2. The van der Waals surface area contributed by atoms with E-state index in [1.165, 1.54) is 0 Å². The lowest BCUT2D eigenvalue weighted by Gasteiger charge is -2.11. The third kappa shape index (κ3) is 2.74. The maximum absolute atomic E-state index is 10.5. The molecule has 21 heavy (non-hydrogen) atoms. The summed E-state index contributed by atoms with van der Waals surface area (Å²) in [5, 5.41) is 16.3. The molecule has 0 aliphatic rings. The third-order valence-electron chi connectivity index (χ3n) is 3.68. The molecular weight excluding hydrogens is 328 g/mol. The monoisotopic (exact) mass is 344 g/mol. The lowest BCUT2D eigenvalue weighted by atomic mass is 10.0. The van der Waals surface area contributed by atoms with Crippen LogP contribution in [0, 0.1) is 0 Å². The number of nitrogens with zero attached hydrogens (tertiary/aromatic N) is 2. The molecule has 0 fully saturated rings. The van der Waals surface area contributed by atoms with Crippen LogP contribution in [0.2, 0.25) is 0 Å². The number of rotatable bonds is 4. The Hall–Kier alpha value is -1.65. The number of hydrogen-bond donors (Lipinski definition) is 1. The molecule has 3 aromatic rings. The van der Waals surface area contributed by atoms with Crippen molar-refractivity contribution in [1.29, 1.82) is 0 Å². The van der Waals surface area contributed by atoms with E-state index in [4.69, 9.17) is 0 Å². The molecule has 0 radical (unpaired) electrons. The first kappa shape index (κ1) is 14.3. The zero-order chi connectivity index (χ0) is 14.8. The van der Waals surface area contributed by atoms with Gasteiger partial charge in [-0.05, 0) is 24.6 Å². The van der Waals surface area contributed by atoms with Crippen LogP contribution in [0.25, 0.3) is 10.9 Å². The van der Waals surface area contributed by atoms with E-state index in [9.17, 15) is 5.11 Å². The Morgan fingerprint density at radius 1 is 1.14 bits per heavy atom. The summed E-state index contributed by atoms with van der Waals surface area (Å²) < 4.78 is 2.91. The molecule has 1 heterocycles. The van der Waals surface area contributed by atoms with Gasteiger partial charge in [0.15, 0.2) is 0 Å². The average Bonchev–Trinajstić information content (AvgIpc) is 2.86. The van der Waals surface area contributed by atoms with Crippen molar-refractivity contribution in [3.8, 4) is 0 Å². The van der Waals surface area contributed by atoms with Crippen molar-refractivity contribution in [2.24, 2.45) is 0 Å². The van der Waals surface area contributed by atoms with Crippen molar-refractivity contribution in [2.75, 3.05) is 0 Å². The summed E-state index contributed by atoms with van der Waals surface area (Å²) >= 11 is 3.49. The summed E-state index contributed by atoms with van der Waals surface area (Å²) in [7, 11) is 0. The molecule has 3 nitrogen and oxygen atoms in total. The van der Waals surface area contributed by atoms with Crippen LogP contribution in [0.15, 0.2) is 53.0 Å². The average molecular weight is 345 g/mol. The number of halogens is 1. The summed E-state index contributed by atoms with van der Waals surface area (Å²) in [4.78, 5) is 0. The van der Waals surface area contributed by atoms with Crippen LogP contribution >= 0.6 is 15.9 Å². The van der Waals surface area contributed by atoms with Crippen molar-refractivity contribution in [3.05, 3.63) is 64.3 Å². The molecule has 0 saturated carbocycles. The van der Waals surface area contributed by atoms with Crippen molar-refractivity contribution in [1.82, 2.24) is 9.78 Å². The molecule has 2 aromatic carbocycles. The predicted octanol–water partition coefficient (Wildman–Crippen LogP) is 4.09. The van der Waals surface area contributed by atoms with Crippen LogP contribution in [-0.4, -0.2) is 14.9 Å². The van der Waals surface area contributed by atoms with Crippen LogP contribution in [0.1, 0.15) is 24.3 Å². The Morgan fingerprint density at radius 2 is 1.86 bits per heavy atom. The number of aliphatic hydroxyl groups is 1. The molecule has 1 atom stereocenters. The van der Waals surface area contributed by atoms with E-state index >= 15 is 0 Å². The second-order valence-electron chi connectivity index (χ2n) is 5.02. The maximum atomic E-state index is 10.5. The van der Waals surface area contributed by atoms with Gasteiger partial charge in [0.2, 0.25) is 0 Å². The molecule has 0 amide bonds. The van der Waals surface area contributed by atoms with Gasteiger partial charge in [-0.1, -0.05) is 52.3 Å².